The van der Waals surface area contributed by atoms with Gasteiger partial charge in [-0.1, -0.05) is 15.9 Å². The van der Waals surface area contributed by atoms with Gasteiger partial charge in [0, 0.05) is 28.7 Å². The van der Waals surface area contributed by atoms with Crippen LogP contribution in [0, 0.1) is 10.1 Å². The topological polar surface area (TPSA) is 72.7 Å². The van der Waals surface area contributed by atoms with Gasteiger partial charge in [-0.3, -0.25) is 19.8 Å². The van der Waals surface area contributed by atoms with Gasteiger partial charge in [0.2, 0.25) is 0 Å². The van der Waals surface area contributed by atoms with E-state index in [9.17, 15) is 14.9 Å². The van der Waals surface area contributed by atoms with Crippen LogP contribution in [0.2, 0.25) is 0 Å². The average Bonchev–Trinajstić information content (AvgIpc) is 3.24. The summed E-state index contributed by atoms with van der Waals surface area (Å²) in [6, 6.07) is 5.31. The Morgan fingerprint density at radius 2 is 2.24 bits per heavy atom. The summed E-state index contributed by atoms with van der Waals surface area (Å²) in [6.45, 7) is 2.66. The van der Waals surface area contributed by atoms with E-state index in [2.05, 4.69) is 15.9 Å². The summed E-state index contributed by atoms with van der Waals surface area (Å²) in [5.41, 5.74) is 0.679. The van der Waals surface area contributed by atoms with Crippen molar-refractivity contribution in [2.24, 2.45) is 0 Å². The summed E-state index contributed by atoms with van der Waals surface area (Å²) < 4.78 is 5.63. The highest BCUT2D eigenvalue weighted by Crippen LogP contribution is 2.31. The van der Waals surface area contributed by atoms with Crippen LogP contribution in [0.3, 0.4) is 0 Å². The van der Waals surface area contributed by atoms with Crippen LogP contribution < -0.4 is 0 Å². The molecule has 0 spiro atoms. The van der Waals surface area contributed by atoms with Gasteiger partial charge in [-0.15, -0.1) is 0 Å². The Morgan fingerprint density at radius 3 is 2.81 bits per heavy atom. The molecular weight excluding hydrogens is 340 g/mol. The van der Waals surface area contributed by atoms with Crippen molar-refractivity contribution in [3.05, 3.63) is 38.3 Å². The first-order valence-corrected chi connectivity index (χ1v) is 7.63. The number of halogens is 1. The second-order valence-electron chi connectivity index (χ2n) is 4.97. The molecule has 7 heteroatoms. The second-order valence-corrected chi connectivity index (χ2v) is 5.89. The van der Waals surface area contributed by atoms with Gasteiger partial charge in [0.25, 0.3) is 5.69 Å². The maximum atomic E-state index is 11.6. The van der Waals surface area contributed by atoms with Crippen LogP contribution in [0.4, 0.5) is 5.69 Å². The molecule has 21 heavy (non-hydrogen) atoms. The Morgan fingerprint density at radius 1 is 1.52 bits per heavy atom. The molecule has 0 radical (unpaired) electrons. The Bertz CT molecular complexity index is 546. The number of nitrogens with zero attached hydrogens (tertiary/aromatic N) is 2. The third kappa shape index (κ3) is 4.50. The van der Waals surface area contributed by atoms with Gasteiger partial charge in [0.15, 0.2) is 0 Å². The summed E-state index contributed by atoms with van der Waals surface area (Å²) in [7, 11) is 0. The normalized spacial score (nSPS) is 14.2. The van der Waals surface area contributed by atoms with E-state index in [1.165, 1.54) is 6.07 Å². The number of hydrogen-bond donors (Lipinski definition) is 0. The number of hydrogen-bond acceptors (Lipinski definition) is 5. The lowest BCUT2D eigenvalue weighted by atomic mass is 10.1. The molecule has 0 amide bonds. The number of esters is 1. The zero-order valence-electron chi connectivity index (χ0n) is 11.8. The van der Waals surface area contributed by atoms with Crippen LogP contribution in [-0.4, -0.2) is 35.0 Å². The highest BCUT2D eigenvalue weighted by atomic mass is 79.9. The van der Waals surface area contributed by atoms with Crippen molar-refractivity contribution in [3.63, 3.8) is 0 Å². The number of nitro benzene ring substituents is 1. The average molecular weight is 357 g/mol. The Balaban J connectivity index is 2.13. The molecule has 1 aromatic rings. The van der Waals surface area contributed by atoms with Crippen molar-refractivity contribution < 1.29 is 14.5 Å². The van der Waals surface area contributed by atoms with Crippen LogP contribution in [0.5, 0.6) is 0 Å². The van der Waals surface area contributed by atoms with Gasteiger partial charge in [-0.05, 0) is 31.9 Å². The van der Waals surface area contributed by atoms with E-state index in [1.54, 1.807) is 19.1 Å². The summed E-state index contributed by atoms with van der Waals surface area (Å²) in [5, 5.41) is 11.1. The fraction of sp³-hybridized carbons (Fsp3) is 0.500. The molecule has 0 unspecified atom stereocenters. The van der Waals surface area contributed by atoms with E-state index < -0.39 is 4.92 Å². The van der Waals surface area contributed by atoms with Crippen molar-refractivity contribution >= 4 is 27.6 Å². The molecule has 6 nitrogen and oxygen atoms in total. The van der Waals surface area contributed by atoms with Crippen molar-refractivity contribution in [3.8, 4) is 0 Å². The molecule has 1 aliphatic carbocycles. The van der Waals surface area contributed by atoms with Crippen molar-refractivity contribution in [2.45, 2.75) is 32.4 Å². The highest BCUT2D eigenvalue weighted by molar-refractivity contribution is 9.10. The lowest BCUT2D eigenvalue weighted by Gasteiger charge is -2.20. The quantitative estimate of drug-likeness (QED) is 0.426. The molecule has 0 heterocycles. The minimum absolute atomic E-state index is 0.0684. The van der Waals surface area contributed by atoms with Crippen molar-refractivity contribution in [1.82, 2.24) is 4.90 Å². The monoisotopic (exact) mass is 356 g/mol. The molecule has 0 aromatic heterocycles. The smallest absolute Gasteiger partial charge is 0.320 e. The van der Waals surface area contributed by atoms with Gasteiger partial charge >= 0.3 is 5.97 Å². The zero-order valence-corrected chi connectivity index (χ0v) is 13.3. The Hall–Kier alpha value is -1.47. The number of benzene rings is 1. The summed E-state index contributed by atoms with van der Waals surface area (Å²) >= 11 is 3.24. The molecule has 0 N–H and O–H groups in total. The minimum atomic E-state index is -0.393. The predicted molar refractivity (Wildman–Crippen MR) is 80.9 cm³/mol. The lowest BCUT2D eigenvalue weighted by molar-refractivity contribution is -0.385. The van der Waals surface area contributed by atoms with E-state index in [0.717, 1.165) is 12.8 Å². The molecule has 0 saturated heterocycles. The van der Waals surface area contributed by atoms with E-state index in [4.69, 9.17) is 4.74 Å². The van der Waals surface area contributed by atoms with Crippen LogP contribution in [0.15, 0.2) is 22.7 Å². The fourth-order valence-electron chi connectivity index (χ4n) is 2.19. The lowest BCUT2D eigenvalue weighted by Crippen LogP contribution is -2.32. The Labute approximate surface area is 131 Å². The van der Waals surface area contributed by atoms with Gasteiger partial charge < -0.3 is 4.74 Å². The molecule has 2 rings (SSSR count). The summed E-state index contributed by atoms with van der Waals surface area (Å²) in [5.74, 6) is -0.288. The van der Waals surface area contributed by atoms with Crippen molar-refractivity contribution in [2.75, 3.05) is 13.2 Å². The first kappa shape index (κ1) is 15.9. The summed E-state index contributed by atoms with van der Waals surface area (Å²) in [4.78, 5) is 24.3. The van der Waals surface area contributed by atoms with Gasteiger partial charge in [0.1, 0.15) is 0 Å². The number of nitro groups is 1. The van der Waals surface area contributed by atoms with Crippen LogP contribution >= 0.6 is 15.9 Å². The van der Waals surface area contributed by atoms with Crippen LogP contribution in [0.1, 0.15) is 25.3 Å². The molecule has 114 valence electrons. The number of ether oxygens (including phenoxy) is 1. The standard InChI is InChI=1S/C14H17BrN2O4/c1-2-21-14(18)9-16(12-5-6-12)8-10-3-4-11(15)7-13(10)17(19)20/h3-4,7,12H,2,5-6,8-9H2,1H3. The SMILES string of the molecule is CCOC(=O)CN(Cc1ccc(Br)cc1[N+](=O)[O-])C1CC1. The molecule has 1 aliphatic rings. The largest absolute Gasteiger partial charge is 0.465 e. The van der Waals surface area contributed by atoms with E-state index >= 15 is 0 Å². The summed E-state index contributed by atoms with van der Waals surface area (Å²) in [6.07, 6.45) is 2.04. The van der Waals surface area contributed by atoms with Gasteiger partial charge in [-0.25, -0.2) is 0 Å². The number of carbonyl (C=O) groups excluding carboxylic acids is 1. The Kier molecular flexibility index (Phi) is 5.30. The number of rotatable bonds is 7. The van der Waals surface area contributed by atoms with E-state index in [1.807, 2.05) is 4.90 Å². The first-order valence-electron chi connectivity index (χ1n) is 6.83. The minimum Gasteiger partial charge on any atom is -0.465 e. The van der Waals surface area contributed by atoms with Gasteiger partial charge in [-0.2, -0.15) is 0 Å². The molecule has 1 fully saturated rings. The van der Waals surface area contributed by atoms with Crippen LogP contribution in [0.25, 0.3) is 0 Å². The van der Waals surface area contributed by atoms with E-state index in [-0.39, 0.29) is 18.2 Å². The molecule has 0 aliphatic heterocycles. The fourth-order valence-corrected chi connectivity index (χ4v) is 2.53. The second kappa shape index (κ2) is 7.00. The van der Waals surface area contributed by atoms with E-state index in [0.29, 0.717) is 29.2 Å². The first-order chi connectivity index (χ1) is 10.0. The van der Waals surface area contributed by atoms with Gasteiger partial charge in [0.05, 0.1) is 18.1 Å². The highest BCUT2D eigenvalue weighted by Gasteiger charge is 2.32. The maximum Gasteiger partial charge on any atom is 0.320 e. The van der Waals surface area contributed by atoms with Crippen LogP contribution in [-0.2, 0) is 16.1 Å². The number of carbonyl (C=O) groups is 1. The third-order valence-electron chi connectivity index (χ3n) is 3.32. The molecule has 1 aromatic carbocycles. The maximum absolute atomic E-state index is 11.6. The molecule has 0 bridgehead atoms. The van der Waals surface area contributed by atoms with Crippen molar-refractivity contribution in [1.29, 1.82) is 0 Å². The zero-order chi connectivity index (χ0) is 15.4. The third-order valence-corrected chi connectivity index (χ3v) is 3.81. The predicted octanol–water partition coefficient (Wildman–Crippen LogP) is 2.88. The molecule has 0 atom stereocenters. The molecule has 1 saturated carbocycles. The molecular formula is C14H17BrN2O4.